The molecule has 1 aromatic carbocycles. The molecule has 0 heterocycles. The highest BCUT2D eigenvalue weighted by molar-refractivity contribution is 5.36. The Labute approximate surface area is 85.4 Å². The van der Waals surface area contributed by atoms with Crippen molar-refractivity contribution in [3.05, 3.63) is 42.0 Å². The molecule has 14 heavy (non-hydrogen) atoms. The fraction of sp³-hybridized carbons (Fsp3) is 0.333. The van der Waals surface area contributed by atoms with E-state index in [2.05, 4.69) is 6.58 Å². The summed E-state index contributed by atoms with van der Waals surface area (Å²) in [5, 5.41) is 0. The maximum absolute atomic E-state index is 6.03. The second kappa shape index (κ2) is 4.82. The molecule has 0 spiro atoms. The highest BCUT2D eigenvalue weighted by Crippen LogP contribution is 2.26. The lowest BCUT2D eigenvalue weighted by atomic mass is 10.0. The van der Waals surface area contributed by atoms with Crippen LogP contribution in [-0.2, 0) is 0 Å². The van der Waals surface area contributed by atoms with E-state index in [0.717, 1.165) is 23.3 Å². The van der Waals surface area contributed by atoms with E-state index in [0.29, 0.717) is 0 Å². The monoisotopic (exact) mass is 191 g/mol. The molecule has 0 aliphatic heterocycles. The Morgan fingerprint density at radius 2 is 2.14 bits per heavy atom. The summed E-state index contributed by atoms with van der Waals surface area (Å²) in [4.78, 5) is 0. The summed E-state index contributed by atoms with van der Waals surface area (Å²) < 4.78 is 5.24. The Kier molecular flexibility index (Phi) is 3.72. The van der Waals surface area contributed by atoms with Gasteiger partial charge in [-0.05, 0) is 19.4 Å². The number of para-hydroxylation sites is 1. The number of benzene rings is 1. The topological polar surface area (TPSA) is 35.2 Å². The maximum atomic E-state index is 6.03. The summed E-state index contributed by atoms with van der Waals surface area (Å²) in [7, 11) is 1.66. The first-order valence-corrected chi connectivity index (χ1v) is 4.68. The van der Waals surface area contributed by atoms with Gasteiger partial charge in [0.1, 0.15) is 5.75 Å². The van der Waals surface area contributed by atoms with Gasteiger partial charge in [-0.1, -0.05) is 23.8 Å². The van der Waals surface area contributed by atoms with Gasteiger partial charge in [-0.2, -0.15) is 0 Å². The fourth-order valence-electron chi connectivity index (χ4n) is 1.46. The molecule has 0 fully saturated rings. The van der Waals surface area contributed by atoms with E-state index in [1.807, 2.05) is 31.2 Å². The van der Waals surface area contributed by atoms with Gasteiger partial charge in [0, 0.05) is 11.6 Å². The maximum Gasteiger partial charge on any atom is 0.123 e. The van der Waals surface area contributed by atoms with Crippen molar-refractivity contribution in [2.45, 2.75) is 19.4 Å². The quantitative estimate of drug-likeness (QED) is 0.742. The van der Waals surface area contributed by atoms with Gasteiger partial charge >= 0.3 is 0 Å². The van der Waals surface area contributed by atoms with E-state index in [1.54, 1.807) is 7.11 Å². The molecule has 1 rings (SSSR count). The van der Waals surface area contributed by atoms with Crippen LogP contribution in [0.25, 0.3) is 0 Å². The molecule has 0 amide bonds. The molecular weight excluding hydrogens is 174 g/mol. The number of nitrogens with two attached hydrogens (primary N) is 1. The second-order valence-electron chi connectivity index (χ2n) is 3.51. The number of rotatable bonds is 4. The summed E-state index contributed by atoms with van der Waals surface area (Å²) >= 11 is 0. The molecule has 0 aliphatic carbocycles. The molecule has 1 unspecified atom stereocenters. The third-order valence-electron chi connectivity index (χ3n) is 2.11. The normalized spacial score (nSPS) is 12.2. The zero-order chi connectivity index (χ0) is 10.6. The van der Waals surface area contributed by atoms with Crippen LogP contribution in [0.5, 0.6) is 5.75 Å². The number of ether oxygens (including phenoxy) is 1. The third-order valence-corrected chi connectivity index (χ3v) is 2.11. The van der Waals surface area contributed by atoms with E-state index >= 15 is 0 Å². The number of hydrogen-bond donors (Lipinski definition) is 1. The minimum Gasteiger partial charge on any atom is -0.496 e. The first-order chi connectivity index (χ1) is 6.65. The molecule has 0 saturated carbocycles. The van der Waals surface area contributed by atoms with Crippen LogP contribution in [-0.4, -0.2) is 7.11 Å². The van der Waals surface area contributed by atoms with Crippen molar-refractivity contribution in [1.29, 1.82) is 0 Å². The van der Waals surface area contributed by atoms with Crippen molar-refractivity contribution in [2.75, 3.05) is 7.11 Å². The predicted octanol–water partition coefficient (Wildman–Crippen LogP) is 2.66. The van der Waals surface area contributed by atoms with Gasteiger partial charge in [0.05, 0.1) is 7.11 Å². The summed E-state index contributed by atoms with van der Waals surface area (Å²) in [6.45, 7) is 5.84. The van der Waals surface area contributed by atoms with Gasteiger partial charge in [-0.3, -0.25) is 0 Å². The van der Waals surface area contributed by atoms with Crippen molar-refractivity contribution >= 4 is 0 Å². The summed E-state index contributed by atoms with van der Waals surface area (Å²) in [6.07, 6.45) is 0.792. The number of hydrogen-bond acceptors (Lipinski definition) is 2. The first-order valence-electron chi connectivity index (χ1n) is 4.68. The molecule has 2 nitrogen and oxygen atoms in total. The van der Waals surface area contributed by atoms with Crippen molar-refractivity contribution in [3.8, 4) is 5.75 Å². The molecule has 0 aliphatic rings. The van der Waals surface area contributed by atoms with Gasteiger partial charge < -0.3 is 10.5 Å². The SMILES string of the molecule is C=C(C)CC(N)c1ccccc1OC. The molecule has 2 heteroatoms. The Hall–Kier alpha value is -1.28. The van der Waals surface area contributed by atoms with Crippen LogP contribution < -0.4 is 10.5 Å². The van der Waals surface area contributed by atoms with Crippen molar-refractivity contribution < 1.29 is 4.74 Å². The summed E-state index contributed by atoms with van der Waals surface area (Å²) in [5.74, 6) is 0.848. The lowest BCUT2D eigenvalue weighted by molar-refractivity contribution is 0.405. The fourth-order valence-corrected chi connectivity index (χ4v) is 1.46. The third kappa shape index (κ3) is 2.60. The van der Waals surface area contributed by atoms with E-state index in [4.69, 9.17) is 10.5 Å². The Balaban J connectivity index is 2.87. The molecule has 0 bridgehead atoms. The highest BCUT2D eigenvalue weighted by Gasteiger charge is 2.10. The van der Waals surface area contributed by atoms with Crippen LogP contribution in [0.2, 0.25) is 0 Å². The summed E-state index contributed by atoms with van der Waals surface area (Å²) in [6, 6.07) is 7.80. The standard InChI is InChI=1S/C12H17NO/c1-9(2)8-11(13)10-6-4-5-7-12(10)14-3/h4-7,11H,1,8,13H2,2-3H3. The largest absolute Gasteiger partial charge is 0.496 e. The van der Waals surface area contributed by atoms with E-state index in [-0.39, 0.29) is 6.04 Å². The molecular formula is C12H17NO. The zero-order valence-corrected chi connectivity index (χ0v) is 8.79. The Bertz CT molecular complexity index is 320. The second-order valence-corrected chi connectivity index (χ2v) is 3.51. The lowest BCUT2D eigenvalue weighted by Crippen LogP contribution is -2.11. The van der Waals surface area contributed by atoms with Crippen LogP contribution >= 0.6 is 0 Å². The van der Waals surface area contributed by atoms with Crippen LogP contribution in [0.4, 0.5) is 0 Å². The Morgan fingerprint density at radius 1 is 1.50 bits per heavy atom. The Morgan fingerprint density at radius 3 is 2.71 bits per heavy atom. The summed E-state index contributed by atoms with van der Waals surface area (Å²) in [5.41, 5.74) is 8.16. The zero-order valence-electron chi connectivity index (χ0n) is 8.79. The minimum atomic E-state index is -0.0244. The van der Waals surface area contributed by atoms with Crippen LogP contribution in [0, 0.1) is 0 Å². The van der Waals surface area contributed by atoms with Crippen molar-refractivity contribution in [2.24, 2.45) is 5.73 Å². The van der Waals surface area contributed by atoms with Crippen LogP contribution in [0.1, 0.15) is 24.9 Å². The first kappa shape index (κ1) is 10.8. The molecule has 0 aromatic heterocycles. The molecule has 1 aromatic rings. The van der Waals surface area contributed by atoms with E-state index < -0.39 is 0 Å². The van der Waals surface area contributed by atoms with Crippen molar-refractivity contribution in [1.82, 2.24) is 0 Å². The van der Waals surface area contributed by atoms with E-state index in [9.17, 15) is 0 Å². The van der Waals surface area contributed by atoms with E-state index in [1.165, 1.54) is 0 Å². The van der Waals surface area contributed by atoms with Crippen molar-refractivity contribution in [3.63, 3.8) is 0 Å². The molecule has 76 valence electrons. The average Bonchev–Trinajstić information content (AvgIpc) is 2.16. The van der Waals surface area contributed by atoms with Gasteiger partial charge in [-0.15, -0.1) is 6.58 Å². The average molecular weight is 191 g/mol. The highest BCUT2D eigenvalue weighted by atomic mass is 16.5. The predicted molar refractivity (Wildman–Crippen MR) is 59.4 cm³/mol. The molecule has 2 N–H and O–H groups in total. The molecule has 0 saturated heterocycles. The smallest absolute Gasteiger partial charge is 0.123 e. The van der Waals surface area contributed by atoms with Gasteiger partial charge in [0.15, 0.2) is 0 Å². The van der Waals surface area contributed by atoms with Gasteiger partial charge in [0.25, 0.3) is 0 Å². The molecule has 1 atom stereocenters. The van der Waals surface area contributed by atoms with Gasteiger partial charge in [0.2, 0.25) is 0 Å². The minimum absolute atomic E-state index is 0.0244. The van der Waals surface area contributed by atoms with Crippen LogP contribution in [0.15, 0.2) is 36.4 Å². The molecule has 0 radical (unpaired) electrons. The number of methoxy groups -OCH3 is 1. The van der Waals surface area contributed by atoms with Gasteiger partial charge in [-0.25, -0.2) is 0 Å². The lowest BCUT2D eigenvalue weighted by Gasteiger charge is -2.15. The van der Waals surface area contributed by atoms with Crippen LogP contribution in [0.3, 0.4) is 0 Å².